The van der Waals surface area contributed by atoms with Crippen molar-refractivity contribution in [2.24, 2.45) is 10.7 Å². The summed E-state index contributed by atoms with van der Waals surface area (Å²) in [6, 6.07) is 4.85. The molecule has 5 N–H and O–H groups in total. The van der Waals surface area contributed by atoms with Crippen LogP contribution in [0.4, 0.5) is 15.8 Å². The molecule has 0 radical (unpaired) electrons. The molecule has 0 saturated heterocycles. The van der Waals surface area contributed by atoms with E-state index in [2.05, 4.69) is 16.9 Å². The lowest BCUT2D eigenvalue weighted by atomic mass is 9.82. The van der Waals surface area contributed by atoms with Crippen LogP contribution in [-0.2, 0) is 6.42 Å². The van der Waals surface area contributed by atoms with E-state index >= 15 is 0 Å². The SMILES string of the molecule is C=C(/C=C(\C)CN)/C(=C\C=NC)n1ccc2c(c1=O)CCN2.CC.CN(C)C(=O)c1cc(N)c(C2CCCCC2)c(F)c1. The number of nitrogens with one attached hydrogen (secondary N) is 1. The maximum Gasteiger partial charge on any atom is 0.260 e. The molecule has 234 valence electrons. The molecule has 1 fully saturated rings. The zero-order valence-electron chi connectivity index (χ0n) is 26.7. The molecule has 0 bridgehead atoms. The number of nitrogen functional groups attached to an aromatic ring is 1. The van der Waals surface area contributed by atoms with Crippen LogP contribution in [0.5, 0.6) is 0 Å². The molecule has 2 aromatic rings. The van der Waals surface area contributed by atoms with Crippen LogP contribution >= 0.6 is 0 Å². The second-order valence-electron chi connectivity index (χ2n) is 10.7. The molecular formula is C34H49FN6O2. The highest BCUT2D eigenvalue weighted by Gasteiger charge is 2.23. The Morgan fingerprint density at radius 1 is 1.23 bits per heavy atom. The Kier molecular flexibility index (Phi) is 14.1. The standard InChI is InChI=1S/C17H22N4O.C15H21FN2O.C2H6/c1-12(11-18)10-13(2)16(5-7-19-3)21-9-6-15-14(17(21)22)4-8-20-15;1-18(2)15(19)11-8-12(16)14(13(17)9-11)10-6-4-3-5-7-10;1-2/h5-7,9-10,20H,2,4,8,11,18H2,1,3H3;8-10H,3-7,17H2,1-2H3;1-2H3/b12-10+,16-5+,19-7?;;. The molecule has 0 atom stereocenters. The van der Waals surface area contributed by atoms with Gasteiger partial charge in [-0.2, -0.15) is 0 Å². The first kappa shape index (κ1) is 35.2. The monoisotopic (exact) mass is 592 g/mol. The van der Waals surface area contributed by atoms with Crippen molar-refractivity contribution in [1.29, 1.82) is 0 Å². The zero-order valence-corrected chi connectivity index (χ0v) is 26.7. The lowest BCUT2D eigenvalue weighted by Crippen LogP contribution is -2.22. The van der Waals surface area contributed by atoms with E-state index < -0.39 is 0 Å². The largest absolute Gasteiger partial charge is 0.398 e. The summed E-state index contributed by atoms with van der Waals surface area (Å²) in [6.45, 7) is 11.3. The van der Waals surface area contributed by atoms with Crippen LogP contribution in [0.25, 0.3) is 5.70 Å². The van der Waals surface area contributed by atoms with Gasteiger partial charge in [0.1, 0.15) is 5.82 Å². The van der Waals surface area contributed by atoms with Crippen molar-refractivity contribution in [2.75, 3.05) is 45.3 Å². The third kappa shape index (κ3) is 9.25. The minimum absolute atomic E-state index is 0.0156. The van der Waals surface area contributed by atoms with Crippen molar-refractivity contribution in [3.8, 4) is 0 Å². The first-order valence-electron chi connectivity index (χ1n) is 15.1. The van der Waals surface area contributed by atoms with E-state index in [1.807, 2.05) is 32.9 Å². The summed E-state index contributed by atoms with van der Waals surface area (Å²) in [5.74, 6) is -0.352. The number of halogens is 1. The van der Waals surface area contributed by atoms with Gasteiger partial charge in [0.05, 0.1) is 5.70 Å². The molecule has 1 saturated carbocycles. The molecule has 1 aromatic heterocycles. The fourth-order valence-electron chi connectivity index (χ4n) is 5.26. The predicted octanol–water partition coefficient (Wildman–Crippen LogP) is 6.00. The van der Waals surface area contributed by atoms with Crippen molar-refractivity contribution in [3.05, 3.63) is 87.1 Å². The number of aromatic nitrogens is 1. The quantitative estimate of drug-likeness (QED) is 0.207. The van der Waals surface area contributed by atoms with Crippen molar-refractivity contribution in [2.45, 2.75) is 65.2 Å². The van der Waals surface area contributed by atoms with E-state index in [1.165, 1.54) is 17.4 Å². The van der Waals surface area contributed by atoms with Crippen molar-refractivity contribution in [1.82, 2.24) is 9.47 Å². The number of fused-ring (bicyclic) bond motifs is 1. The zero-order chi connectivity index (χ0) is 32.1. The van der Waals surface area contributed by atoms with E-state index in [4.69, 9.17) is 11.5 Å². The molecular weight excluding hydrogens is 543 g/mol. The molecule has 0 unspecified atom stereocenters. The highest BCUT2D eigenvalue weighted by Crippen LogP contribution is 2.37. The van der Waals surface area contributed by atoms with E-state index in [-0.39, 0.29) is 23.2 Å². The number of hydrogen-bond donors (Lipinski definition) is 3. The van der Waals surface area contributed by atoms with Crippen LogP contribution in [0.3, 0.4) is 0 Å². The Balaban J connectivity index is 0.000000286. The fourth-order valence-corrected chi connectivity index (χ4v) is 5.26. The van der Waals surface area contributed by atoms with Crippen molar-refractivity contribution in [3.63, 3.8) is 0 Å². The van der Waals surface area contributed by atoms with Crippen LogP contribution in [0.2, 0.25) is 0 Å². The van der Waals surface area contributed by atoms with Gasteiger partial charge in [0.2, 0.25) is 0 Å². The molecule has 4 rings (SSSR count). The van der Waals surface area contributed by atoms with Crippen LogP contribution in [0.15, 0.2) is 64.1 Å². The number of allylic oxidation sites excluding steroid dienone is 4. The number of pyridine rings is 1. The van der Waals surface area contributed by atoms with Gasteiger partial charge in [-0.15, -0.1) is 0 Å². The number of carbonyl (C=O) groups is 1. The Hall–Kier alpha value is -3.98. The molecule has 9 heteroatoms. The van der Waals surface area contributed by atoms with Gasteiger partial charge >= 0.3 is 0 Å². The molecule has 43 heavy (non-hydrogen) atoms. The topological polar surface area (TPSA) is 119 Å². The first-order chi connectivity index (χ1) is 20.6. The minimum atomic E-state index is -0.336. The van der Waals surface area contributed by atoms with Gasteiger partial charge in [-0.3, -0.25) is 19.1 Å². The lowest BCUT2D eigenvalue weighted by molar-refractivity contribution is 0.0827. The Morgan fingerprint density at radius 2 is 1.91 bits per heavy atom. The summed E-state index contributed by atoms with van der Waals surface area (Å²) >= 11 is 0. The van der Waals surface area contributed by atoms with Crippen LogP contribution in [-0.4, -0.2) is 55.8 Å². The Morgan fingerprint density at radius 3 is 2.49 bits per heavy atom. The summed E-state index contributed by atoms with van der Waals surface area (Å²) in [5, 5.41) is 3.21. The van der Waals surface area contributed by atoms with Crippen molar-refractivity contribution < 1.29 is 9.18 Å². The summed E-state index contributed by atoms with van der Waals surface area (Å²) in [4.78, 5) is 29.9. The van der Waals surface area contributed by atoms with Gasteiger partial charge in [-0.1, -0.05) is 51.3 Å². The molecule has 2 aliphatic rings. The number of amides is 1. The molecule has 8 nitrogen and oxygen atoms in total. The van der Waals surface area contributed by atoms with Gasteiger partial charge in [0.25, 0.3) is 11.5 Å². The Bertz CT molecular complexity index is 1390. The third-order valence-corrected chi connectivity index (χ3v) is 7.42. The third-order valence-electron chi connectivity index (χ3n) is 7.42. The van der Waals surface area contributed by atoms with Gasteiger partial charge in [-0.25, -0.2) is 4.39 Å². The maximum absolute atomic E-state index is 14.3. The summed E-state index contributed by atoms with van der Waals surface area (Å²) in [5.41, 5.74) is 17.1. The summed E-state index contributed by atoms with van der Waals surface area (Å²) in [7, 11) is 4.98. The smallest absolute Gasteiger partial charge is 0.260 e. The lowest BCUT2D eigenvalue weighted by Gasteiger charge is -2.24. The number of carbonyl (C=O) groups excluding carboxylic acids is 1. The number of anilines is 2. The second-order valence-corrected chi connectivity index (χ2v) is 10.7. The molecule has 1 aromatic carbocycles. The second kappa shape index (κ2) is 17.2. The van der Waals surface area contributed by atoms with E-state index in [0.29, 0.717) is 29.1 Å². The van der Waals surface area contributed by atoms with E-state index in [0.717, 1.165) is 61.0 Å². The number of aliphatic imine (C=N–C) groups is 1. The molecule has 1 aliphatic carbocycles. The first-order valence-corrected chi connectivity index (χ1v) is 15.1. The van der Waals surface area contributed by atoms with Crippen LogP contribution in [0.1, 0.15) is 80.3 Å². The van der Waals surface area contributed by atoms with Gasteiger partial charge in [0, 0.05) is 74.7 Å². The number of benzene rings is 1. The summed E-state index contributed by atoms with van der Waals surface area (Å²) in [6.07, 6.45) is 13.3. The number of nitrogens with zero attached hydrogens (tertiary/aromatic N) is 3. The van der Waals surface area contributed by atoms with Crippen molar-refractivity contribution >= 4 is 29.2 Å². The van der Waals surface area contributed by atoms with Gasteiger partial charge < -0.3 is 21.7 Å². The minimum Gasteiger partial charge on any atom is -0.398 e. The average Bonchev–Trinajstić information content (AvgIpc) is 3.49. The Labute approximate surface area is 256 Å². The fraction of sp³-hybridized carbons (Fsp3) is 0.441. The number of rotatable bonds is 7. The average molecular weight is 593 g/mol. The van der Waals surface area contributed by atoms with Crippen LogP contribution in [0, 0.1) is 5.82 Å². The normalized spacial score (nSPS) is 15.1. The number of hydrogen-bond acceptors (Lipinski definition) is 6. The maximum atomic E-state index is 14.3. The highest BCUT2D eigenvalue weighted by atomic mass is 19.1. The molecule has 0 spiro atoms. The summed E-state index contributed by atoms with van der Waals surface area (Å²) < 4.78 is 15.9. The van der Waals surface area contributed by atoms with Crippen LogP contribution < -0.4 is 22.3 Å². The molecule has 2 heterocycles. The predicted molar refractivity (Wildman–Crippen MR) is 180 cm³/mol. The van der Waals surface area contributed by atoms with E-state index in [9.17, 15) is 14.0 Å². The molecule has 1 aliphatic heterocycles. The van der Waals surface area contributed by atoms with Gasteiger partial charge in [-0.05, 0) is 62.0 Å². The van der Waals surface area contributed by atoms with E-state index in [1.54, 1.807) is 50.3 Å². The highest BCUT2D eigenvalue weighted by molar-refractivity contribution is 5.95. The molecule has 1 amide bonds. The number of nitrogens with two attached hydrogens (primary N) is 2. The van der Waals surface area contributed by atoms with Gasteiger partial charge in [0.15, 0.2) is 0 Å².